The molecule has 19 heavy (non-hydrogen) atoms. The summed E-state index contributed by atoms with van der Waals surface area (Å²) in [7, 11) is 0. The summed E-state index contributed by atoms with van der Waals surface area (Å²) in [6.45, 7) is 0. The van der Waals surface area contributed by atoms with Gasteiger partial charge in [0.25, 0.3) is 5.56 Å². The Hall–Kier alpha value is -2.33. The van der Waals surface area contributed by atoms with Gasteiger partial charge in [-0.05, 0) is 30.3 Å². The molecule has 92 valence electrons. The Balaban J connectivity index is 2.33. The van der Waals surface area contributed by atoms with Crippen molar-refractivity contribution in [3.63, 3.8) is 0 Å². The van der Waals surface area contributed by atoms with E-state index in [0.29, 0.717) is 21.6 Å². The van der Waals surface area contributed by atoms with E-state index in [1.807, 2.05) is 24.3 Å². The van der Waals surface area contributed by atoms with E-state index in [2.05, 4.69) is 10.1 Å². The first kappa shape index (κ1) is 10.6. The average Bonchev–Trinajstić information content (AvgIpc) is 2.78. The zero-order valence-corrected chi connectivity index (χ0v) is 10.5. The van der Waals surface area contributed by atoms with Crippen molar-refractivity contribution in [1.82, 2.24) is 14.6 Å². The molecular formula is C14H8ClN3O. The number of H-pyrrole nitrogens is 1. The summed E-state index contributed by atoms with van der Waals surface area (Å²) >= 11 is 5.96. The second kappa shape index (κ2) is 3.59. The molecule has 0 aliphatic heterocycles. The lowest BCUT2D eigenvalue weighted by atomic mass is 10.2. The van der Waals surface area contributed by atoms with Gasteiger partial charge < -0.3 is 0 Å². The molecule has 4 aromatic rings. The van der Waals surface area contributed by atoms with Crippen molar-refractivity contribution >= 4 is 39.1 Å². The second-order valence-electron chi connectivity index (χ2n) is 4.39. The molecule has 0 amide bonds. The Labute approximate surface area is 112 Å². The predicted molar refractivity (Wildman–Crippen MR) is 75.8 cm³/mol. The Morgan fingerprint density at radius 1 is 1.11 bits per heavy atom. The molecule has 0 atom stereocenters. The Kier molecular flexibility index (Phi) is 2.00. The summed E-state index contributed by atoms with van der Waals surface area (Å²) in [5.74, 6) is 0. The third kappa shape index (κ3) is 1.40. The number of rotatable bonds is 0. The second-order valence-corrected chi connectivity index (χ2v) is 4.83. The van der Waals surface area contributed by atoms with Crippen LogP contribution in [0.25, 0.3) is 27.5 Å². The Bertz CT molecular complexity index is 1000. The minimum absolute atomic E-state index is 0.118. The van der Waals surface area contributed by atoms with Crippen molar-refractivity contribution in [1.29, 1.82) is 0 Å². The molecule has 0 saturated carbocycles. The summed E-state index contributed by atoms with van der Waals surface area (Å²) in [4.78, 5) is 17.0. The smallest absolute Gasteiger partial charge is 0.280 e. The summed E-state index contributed by atoms with van der Waals surface area (Å²) < 4.78 is 1.47. The largest absolute Gasteiger partial charge is 0.289 e. The van der Waals surface area contributed by atoms with Crippen LogP contribution in [0.2, 0.25) is 5.02 Å². The zero-order valence-electron chi connectivity index (χ0n) is 9.72. The fourth-order valence-corrected chi connectivity index (χ4v) is 2.51. The van der Waals surface area contributed by atoms with Gasteiger partial charge in [0.1, 0.15) is 0 Å². The Morgan fingerprint density at radius 3 is 2.84 bits per heavy atom. The lowest BCUT2D eigenvalue weighted by Gasteiger charge is -1.99. The van der Waals surface area contributed by atoms with Crippen LogP contribution in [0.1, 0.15) is 0 Å². The van der Waals surface area contributed by atoms with E-state index >= 15 is 0 Å². The van der Waals surface area contributed by atoms with Crippen LogP contribution in [0.3, 0.4) is 0 Å². The fraction of sp³-hybridized carbons (Fsp3) is 0. The highest BCUT2D eigenvalue weighted by Gasteiger charge is 2.10. The van der Waals surface area contributed by atoms with Crippen LogP contribution in [0, 0.1) is 0 Å². The van der Waals surface area contributed by atoms with E-state index in [-0.39, 0.29) is 5.56 Å². The van der Waals surface area contributed by atoms with Gasteiger partial charge in [0.15, 0.2) is 5.65 Å². The van der Waals surface area contributed by atoms with E-state index in [4.69, 9.17) is 11.6 Å². The molecule has 0 aliphatic carbocycles. The van der Waals surface area contributed by atoms with Gasteiger partial charge in [-0.2, -0.15) is 4.52 Å². The molecule has 0 unspecified atom stereocenters. The third-order valence-corrected chi connectivity index (χ3v) is 3.47. The van der Waals surface area contributed by atoms with E-state index in [0.717, 1.165) is 10.9 Å². The van der Waals surface area contributed by atoms with Gasteiger partial charge in [-0.1, -0.05) is 23.7 Å². The number of halogens is 1. The molecular weight excluding hydrogens is 262 g/mol. The number of hydrogen-bond donors (Lipinski definition) is 1. The van der Waals surface area contributed by atoms with E-state index < -0.39 is 0 Å². The normalized spacial score (nSPS) is 11.6. The van der Waals surface area contributed by atoms with Gasteiger partial charge in [-0.25, -0.2) is 4.98 Å². The van der Waals surface area contributed by atoms with Crippen LogP contribution in [-0.4, -0.2) is 14.6 Å². The first-order chi connectivity index (χ1) is 9.24. The number of para-hydroxylation sites is 1. The molecule has 0 bridgehead atoms. The Morgan fingerprint density at radius 2 is 1.95 bits per heavy atom. The molecule has 4 rings (SSSR count). The van der Waals surface area contributed by atoms with Crippen molar-refractivity contribution in [3.8, 4) is 0 Å². The first-order valence-corrected chi connectivity index (χ1v) is 6.20. The molecule has 0 aliphatic rings. The van der Waals surface area contributed by atoms with Crippen molar-refractivity contribution in [2.45, 2.75) is 0 Å². The number of fused-ring (bicyclic) bond motifs is 4. The SMILES string of the molecule is O=c1c2ccc(Cl)cc2nc2c3ccccc3[nH]n12. The maximum absolute atomic E-state index is 12.4. The molecule has 2 heterocycles. The van der Waals surface area contributed by atoms with Crippen LogP contribution in [0.15, 0.2) is 47.3 Å². The van der Waals surface area contributed by atoms with Crippen LogP contribution in [-0.2, 0) is 0 Å². The zero-order chi connectivity index (χ0) is 13.0. The number of hydrogen-bond acceptors (Lipinski definition) is 2. The molecule has 4 nitrogen and oxygen atoms in total. The van der Waals surface area contributed by atoms with Gasteiger partial charge in [0, 0.05) is 10.4 Å². The highest BCUT2D eigenvalue weighted by atomic mass is 35.5. The molecule has 0 saturated heterocycles. The first-order valence-electron chi connectivity index (χ1n) is 5.83. The number of aromatic amines is 1. The maximum atomic E-state index is 12.4. The van der Waals surface area contributed by atoms with Crippen molar-refractivity contribution in [2.24, 2.45) is 0 Å². The summed E-state index contributed by atoms with van der Waals surface area (Å²) in [5, 5.41) is 5.10. The lowest BCUT2D eigenvalue weighted by molar-refractivity contribution is 0.932. The van der Waals surface area contributed by atoms with Gasteiger partial charge in [0.2, 0.25) is 0 Å². The molecule has 2 aromatic carbocycles. The van der Waals surface area contributed by atoms with Crippen molar-refractivity contribution in [3.05, 3.63) is 57.8 Å². The molecule has 1 N–H and O–H groups in total. The number of aromatic nitrogens is 3. The van der Waals surface area contributed by atoms with E-state index in [9.17, 15) is 4.79 Å². The van der Waals surface area contributed by atoms with Crippen molar-refractivity contribution in [2.75, 3.05) is 0 Å². The van der Waals surface area contributed by atoms with Crippen LogP contribution in [0.4, 0.5) is 0 Å². The van der Waals surface area contributed by atoms with E-state index in [1.54, 1.807) is 18.2 Å². The van der Waals surface area contributed by atoms with Crippen LogP contribution < -0.4 is 5.56 Å². The molecule has 5 heteroatoms. The number of nitrogens with zero attached hydrogens (tertiary/aromatic N) is 2. The minimum Gasteiger partial charge on any atom is -0.289 e. The molecule has 0 spiro atoms. The standard InChI is InChI=1S/C14H8ClN3O/c15-8-5-6-10-12(7-8)16-13-9-3-1-2-4-11(9)17-18(13)14(10)19/h1-7,17H. The minimum atomic E-state index is -0.118. The third-order valence-electron chi connectivity index (χ3n) is 3.23. The van der Waals surface area contributed by atoms with Crippen LogP contribution in [0.5, 0.6) is 0 Å². The van der Waals surface area contributed by atoms with Gasteiger partial charge >= 0.3 is 0 Å². The fourth-order valence-electron chi connectivity index (χ4n) is 2.34. The molecule has 0 radical (unpaired) electrons. The summed E-state index contributed by atoms with van der Waals surface area (Å²) in [5.41, 5.74) is 2.00. The van der Waals surface area contributed by atoms with Gasteiger partial charge in [0.05, 0.1) is 16.4 Å². The highest BCUT2D eigenvalue weighted by Crippen LogP contribution is 2.20. The topological polar surface area (TPSA) is 50.2 Å². The lowest BCUT2D eigenvalue weighted by Crippen LogP contribution is -2.15. The quantitative estimate of drug-likeness (QED) is 0.533. The average molecular weight is 270 g/mol. The monoisotopic (exact) mass is 269 g/mol. The van der Waals surface area contributed by atoms with Gasteiger partial charge in [-0.3, -0.25) is 9.89 Å². The van der Waals surface area contributed by atoms with Crippen molar-refractivity contribution < 1.29 is 0 Å². The summed E-state index contributed by atoms with van der Waals surface area (Å²) in [6.07, 6.45) is 0. The summed E-state index contributed by atoms with van der Waals surface area (Å²) in [6, 6.07) is 12.8. The van der Waals surface area contributed by atoms with E-state index in [1.165, 1.54) is 4.52 Å². The van der Waals surface area contributed by atoms with Crippen LogP contribution >= 0.6 is 11.6 Å². The number of benzene rings is 2. The number of nitrogens with one attached hydrogen (secondary N) is 1. The highest BCUT2D eigenvalue weighted by molar-refractivity contribution is 6.31. The maximum Gasteiger partial charge on any atom is 0.280 e. The predicted octanol–water partition coefficient (Wildman–Crippen LogP) is 2.98. The van der Waals surface area contributed by atoms with Gasteiger partial charge in [-0.15, -0.1) is 0 Å². The molecule has 0 fully saturated rings. The molecule has 2 aromatic heterocycles.